The van der Waals surface area contributed by atoms with Gasteiger partial charge >= 0.3 is 0 Å². The smallest absolute Gasteiger partial charge is 0.238 e. The number of carbonyl (C=O) groups excluding carboxylic acids is 1. The van der Waals surface area contributed by atoms with E-state index in [-0.39, 0.29) is 5.91 Å². The molecule has 1 aromatic carbocycles. The number of rotatable bonds is 5. The monoisotopic (exact) mass is 259 g/mol. The van der Waals surface area contributed by atoms with E-state index < -0.39 is 0 Å². The molecule has 1 amide bonds. The van der Waals surface area contributed by atoms with Crippen molar-refractivity contribution in [2.45, 2.75) is 6.92 Å². The Labute approximate surface area is 111 Å². The number of aromatic nitrogens is 3. The first kappa shape index (κ1) is 13.2. The Bertz CT molecular complexity index is 564. The molecule has 0 unspecified atom stereocenters. The second-order valence-electron chi connectivity index (χ2n) is 4.17. The highest BCUT2D eigenvalue weighted by Crippen LogP contribution is 2.19. The lowest BCUT2D eigenvalue weighted by Gasteiger charge is -2.07. The number of nitrogens with zero attached hydrogens (tertiary/aromatic N) is 3. The van der Waals surface area contributed by atoms with Crippen LogP contribution in [-0.2, 0) is 11.8 Å². The van der Waals surface area contributed by atoms with Gasteiger partial charge in [-0.1, -0.05) is 19.1 Å². The number of aryl methyl sites for hydroxylation is 1. The first-order valence-electron chi connectivity index (χ1n) is 6.15. The molecule has 0 spiro atoms. The van der Waals surface area contributed by atoms with Gasteiger partial charge in [0, 0.05) is 18.3 Å². The van der Waals surface area contributed by atoms with Gasteiger partial charge in [-0.05, 0) is 18.7 Å². The van der Waals surface area contributed by atoms with Crippen LogP contribution in [-0.4, -0.2) is 33.8 Å². The minimum absolute atomic E-state index is 0.0584. The van der Waals surface area contributed by atoms with Crippen LogP contribution in [0.15, 0.2) is 30.6 Å². The summed E-state index contributed by atoms with van der Waals surface area (Å²) in [5, 5.41) is 13.7. The summed E-state index contributed by atoms with van der Waals surface area (Å²) in [6.07, 6.45) is 1.64. The van der Waals surface area contributed by atoms with Crippen LogP contribution in [0.4, 0.5) is 5.69 Å². The number of nitrogens with one attached hydrogen (secondary N) is 2. The van der Waals surface area contributed by atoms with Gasteiger partial charge < -0.3 is 15.2 Å². The molecule has 0 saturated carbocycles. The average molecular weight is 259 g/mol. The Balaban J connectivity index is 2.12. The van der Waals surface area contributed by atoms with E-state index in [0.717, 1.165) is 23.6 Å². The van der Waals surface area contributed by atoms with Crippen molar-refractivity contribution in [1.82, 2.24) is 20.1 Å². The highest BCUT2D eigenvalue weighted by Gasteiger charge is 2.06. The topological polar surface area (TPSA) is 71.8 Å². The Kier molecular flexibility index (Phi) is 4.25. The summed E-state index contributed by atoms with van der Waals surface area (Å²) in [5.41, 5.74) is 1.67. The maximum Gasteiger partial charge on any atom is 0.238 e. The minimum atomic E-state index is -0.0584. The Morgan fingerprint density at radius 2 is 2.26 bits per heavy atom. The summed E-state index contributed by atoms with van der Waals surface area (Å²) >= 11 is 0. The SMILES string of the molecule is CCNCC(=O)Nc1cccc(-c2nncn2C)c1. The van der Waals surface area contributed by atoms with Gasteiger partial charge in [-0.3, -0.25) is 4.79 Å². The zero-order valence-electron chi connectivity index (χ0n) is 11.1. The second kappa shape index (κ2) is 6.10. The van der Waals surface area contributed by atoms with E-state index in [2.05, 4.69) is 20.8 Å². The Morgan fingerprint density at radius 3 is 2.95 bits per heavy atom. The van der Waals surface area contributed by atoms with E-state index in [9.17, 15) is 4.79 Å². The van der Waals surface area contributed by atoms with Gasteiger partial charge in [0.05, 0.1) is 6.54 Å². The number of benzene rings is 1. The molecule has 0 aliphatic carbocycles. The molecule has 0 radical (unpaired) electrons. The fourth-order valence-corrected chi connectivity index (χ4v) is 1.72. The fourth-order valence-electron chi connectivity index (χ4n) is 1.72. The van der Waals surface area contributed by atoms with E-state index >= 15 is 0 Å². The molecule has 0 saturated heterocycles. The average Bonchev–Trinajstić information content (AvgIpc) is 2.83. The second-order valence-corrected chi connectivity index (χ2v) is 4.17. The van der Waals surface area contributed by atoms with Crippen molar-refractivity contribution in [2.75, 3.05) is 18.4 Å². The number of hydrogen-bond acceptors (Lipinski definition) is 4. The molecule has 0 atom stereocenters. The summed E-state index contributed by atoms with van der Waals surface area (Å²) in [7, 11) is 1.88. The van der Waals surface area contributed by atoms with Crippen molar-refractivity contribution >= 4 is 11.6 Å². The van der Waals surface area contributed by atoms with Crippen LogP contribution in [0.25, 0.3) is 11.4 Å². The van der Waals surface area contributed by atoms with E-state index in [4.69, 9.17) is 0 Å². The third-order valence-electron chi connectivity index (χ3n) is 2.65. The molecular weight excluding hydrogens is 242 g/mol. The molecular formula is C13H17N5O. The van der Waals surface area contributed by atoms with Gasteiger partial charge in [0.25, 0.3) is 0 Å². The van der Waals surface area contributed by atoms with Gasteiger partial charge in [-0.2, -0.15) is 0 Å². The zero-order chi connectivity index (χ0) is 13.7. The molecule has 6 heteroatoms. The molecule has 19 heavy (non-hydrogen) atoms. The number of likely N-dealkylation sites (N-methyl/N-ethyl adjacent to an activating group) is 1. The lowest BCUT2D eigenvalue weighted by Crippen LogP contribution is -2.27. The number of amides is 1. The Morgan fingerprint density at radius 1 is 1.42 bits per heavy atom. The van der Waals surface area contributed by atoms with Crippen LogP contribution in [0.3, 0.4) is 0 Å². The number of anilines is 1. The molecule has 0 aliphatic heterocycles. The summed E-state index contributed by atoms with van der Waals surface area (Å²) in [5.74, 6) is 0.708. The van der Waals surface area contributed by atoms with Crippen molar-refractivity contribution in [3.63, 3.8) is 0 Å². The molecule has 2 rings (SSSR count). The highest BCUT2D eigenvalue weighted by atomic mass is 16.1. The van der Waals surface area contributed by atoms with Crippen LogP contribution >= 0.6 is 0 Å². The van der Waals surface area contributed by atoms with Crippen molar-refractivity contribution in [3.8, 4) is 11.4 Å². The van der Waals surface area contributed by atoms with Crippen LogP contribution in [0, 0.1) is 0 Å². The fraction of sp³-hybridized carbons (Fsp3) is 0.308. The van der Waals surface area contributed by atoms with Crippen LogP contribution in [0.2, 0.25) is 0 Å². The van der Waals surface area contributed by atoms with Crippen LogP contribution in [0.1, 0.15) is 6.92 Å². The van der Waals surface area contributed by atoms with E-state index in [1.165, 1.54) is 0 Å². The molecule has 2 aromatic rings. The standard InChI is InChI=1S/C13H17N5O/c1-3-14-8-12(19)16-11-6-4-5-10(7-11)13-17-15-9-18(13)2/h4-7,9,14H,3,8H2,1-2H3,(H,16,19). The van der Waals surface area contributed by atoms with Gasteiger partial charge in [-0.25, -0.2) is 0 Å². The van der Waals surface area contributed by atoms with E-state index in [1.807, 2.05) is 42.8 Å². The maximum atomic E-state index is 11.6. The molecule has 100 valence electrons. The summed E-state index contributed by atoms with van der Waals surface area (Å²) < 4.78 is 1.83. The maximum absolute atomic E-state index is 11.6. The van der Waals surface area contributed by atoms with Crippen molar-refractivity contribution in [1.29, 1.82) is 0 Å². The zero-order valence-corrected chi connectivity index (χ0v) is 11.1. The molecule has 0 aliphatic rings. The van der Waals surface area contributed by atoms with Crippen molar-refractivity contribution < 1.29 is 4.79 Å². The number of carbonyl (C=O) groups is 1. The summed E-state index contributed by atoms with van der Waals surface area (Å²) in [4.78, 5) is 11.6. The quantitative estimate of drug-likeness (QED) is 0.841. The molecule has 2 N–H and O–H groups in total. The van der Waals surface area contributed by atoms with Crippen LogP contribution in [0.5, 0.6) is 0 Å². The molecule has 0 fully saturated rings. The van der Waals surface area contributed by atoms with E-state index in [1.54, 1.807) is 6.33 Å². The highest BCUT2D eigenvalue weighted by molar-refractivity contribution is 5.92. The largest absolute Gasteiger partial charge is 0.325 e. The van der Waals surface area contributed by atoms with Crippen molar-refractivity contribution in [3.05, 3.63) is 30.6 Å². The molecule has 1 aromatic heterocycles. The number of hydrogen-bond donors (Lipinski definition) is 2. The lowest BCUT2D eigenvalue weighted by molar-refractivity contribution is -0.115. The van der Waals surface area contributed by atoms with Gasteiger partial charge in [0.1, 0.15) is 6.33 Å². The van der Waals surface area contributed by atoms with Crippen molar-refractivity contribution in [2.24, 2.45) is 7.05 Å². The van der Waals surface area contributed by atoms with Gasteiger partial charge in [0.2, 0.25) is 5.91 Å². The first-order chi connectivity index (χ1) is 9.20. The normalized spacial score (nSPS) is 10.4. The molecule has 0 bridgehead atoms. The predicted molar refractivity (Wildman–Crippen MR) is 73.6 cm³/mol. The lowest BCUT2D eigenvalue weighted by atomic mass is 10.2. The van der Waals surface area contributed by atoms with E-state index in [0.29, 0.717) is 6.54 Å². The third-order valence-corrected chi connectivity index (χ3v) is 2.65. The summed E-state index contributed by atoms with van der Waals surface area (Å²) in [6, 6.07) is 7.55. The first-order valence-corrected chi connectivity index (χ1v) is 6.15. The Hall–Kier alpha value is -2.21. The third kappa shape index (κ3) is 3.38. The van der Waals surface area contributed by atoms with Crippen LogP contribution < -0.4 is 10.6 Å². The predicted octanol–water partition coefficient (Wildman–Crippen LogP) is 1.03. The molecule has 6 nitrogen and oxygen atoms in total. The minimum Gasteiger partial charge on any atom is -0.325 e. The van der Waals surface area contributed by atoms with Gasteiger partial charge in [-0.15, -0.1) is 10.2 Å². The summed E-state index contributed by atoms with van der Waals surface area (Å²) in [6.45, 7) is 3.04. The van der Waals surface area contributed by atoms with Gasteiger partial charge in [0.15, 0.2) is 5.82 Å². The molecule has 1 heterocycles.